The van der Waals surface area contributed by atoms with Crippen molar-refractivity contribution in [3.8, 4) is 11.4 Å². The fourth-order valence-electron chi connectivity index (χ4n) is 3.66. The number of carbonyl (C=O) groups is 1. The maximum absolute atomic E-state index is 13.7. The van der Waals surface area contributed by atoms with Gasteiger partial charge in [0.1, 0.15) is 21.8 Å². The number of para-hydroxylation sites is 1. The summed E-state index contributed by atoms with van der Waals surface area (Å²) in [6.45, 7) is 3.75. The highest BCUT2D eigenvalue weighted by molar-refractivity contribution is 7.99. The smallest absolute Gasteiger partial charge is 0.283 e. The molecular weight excluding hydrogens is 472 g/mol. The lowest BCUT2D eigenvalue weighted by molar-refractivity contribution is -0.113. The van der Waals surface area contributed by atoms with Crippen molar-refractivity contribution in [2.75, 3.05) is 18.2 Å². The van der Waals surface area contributed by atoms with Gasteiger partial charge in [-0.25, -0.2) is 9.55 Å². The zero-order valence-electron chi connectivity index (χ0n) is 18.6. The van der Waals surface area contributed by atoms with E-state index in [1.54, 1.807) is 7.11 Å². The highest BCUT2D eigenvalue weighted by atomic mass is 32.2. The van der Waals surface area contributed by atoms with E-state index in [1.807, 2.05) is 56.3 Å². The average molecular weight is 493 g/mol. The fraction of sp³-hybridized carbons (Fsp3) is 0.174. The maximum atomic E-state index is 13.7. The van der Waals surface area contributed by atoms with Crippen molar-refractivity contribution < 1.29 is 9.53 Å². The molecule has 1 amide bonds. The van der Waals surface area contributed by atoms with Gasteiger partial charge in [0.25, 0.3) is 5.56 Å². The third-order valence-electron chi connectivity index (χ3n) is 5.17. The van der Waals surface area contributed by atoms with Crippen molar-refractivity contribution in [1.82, 2.24) is 24.7 Å². The van der Waals surface area contributed by atoms with Crippen LogP contribution in [0.3, 0.4) is 0 Å². The number of thioether (sulfide) groups is 1. The van der Waals surface area contributed by atoms with Crippen LogP contribution in [-0.4, -0.2) is 43.5 Å². The number of aromatic nitrogens is 5. The lowest BCUT2D eigenvalue weighted by atomic mass is 10.2. The maximum Gasteiger partial charge on any atom is 0.283 e. The number of rotatable bonds is 6. The van der Waals surface area contributed by atoms with E-state index in [0.717, 1.165) is 21.5 Å². The fourth-order valence-corrected chi connectivity index (χ4v) is 5.07. The van der Waals surface area contributed by atoms with E-state index in [4.69, 9.17) is 9.72 Å². The van der Waals surface area contributed by atoms with Crippen LogP contribution in [0, 0.1) is 13.8 Å². The summed E-state index contributed by atoms with van der Waals surface area (Å²) in [5, 5.41) is 13.0. The van der Waals surface area contributed by atoms with Crippen LogP contribution in [-0.2, 0) is 4.79 Å². The number of aromatic amines is 1. The minimum atomic E-state index is -0.271. The highest BCUT2D eigenvalue weighted by Crippen LogP contribution is 2.30. The van der Waals surface area contributed by atoms with Gasteiger partial charge in [0.05, 0.1) is 18.6 Å². The molecule has 0 aliphatic carbocycles. The molecule has 0 bridgehead atoms. The molecule has 2 aromatic carbocycles. The number of methoxy groups -OCH3 is 1. The Morgan fingerprint density at radius 2 is 2.03 bits per heavy atom. The summed E-state index contributed by atoms with van der Waals surface area (Å²) < 4.78 is 7.04. The van der Waals surface area contributed by atoms with Gasteiger partial charge < -0.3 is 9.72 Å². The first-order valence-electron chi connectivity index (χ1n) is 10.4. The molecule has 0 atom stereocenters. The molecule has 0 saturated heterocycles. The Bertz CT molecular complexity index is 1600. The second-order valence-corrected chi connectivity index (χ2v) is 9.69. The monoisotopic (exact) mass is 492 g/mol. The van der Waals surface area contributed by atoms with E-state index >= 15 is 0 Å². The van der Waals surface area contributed by atoms with Crippen molar-refractivity contribution in [3.63, 3.8) is 0 Å². The predicted octanol–water partition coefficient (Wildman–Crippen LogP) is 4.07. The molecule has 0 unspecified atom stereocenters. The molecule has 2 N–H and O–H groups in total. The summed E-state index contributed by atoms with van der Waals surface area (Å²) in [6, 6.07) is 13.2. The topological polar surface area (TPSA) is 115 Å². The molecule has 0 aliphatic rings. The van der Waals surface area contributed by atoms with Crippen LogP contribution in [0.4, 0.5) is 5.13 Å². The number of carbonyl (C=O) groups excluding carboxylic acids is 1. The molecule has 0 saturated carbocycles. The molecule has 3 aromatic heterocycles. The van der Waals surface area contributed by atoms with Crippen molar-refractivity contribution in [3.05, 3.63) is 63.4 Å². The molecule has 0 spiro atoms. The molecule has 5 aromatic rings. The Morgan fingerprint density at radius 1 is 1.21 bits per heavy atom. The van der Waals surface area contributed by atoms with Crippen LogP contribution in [0.2, 0.25) is 0 Å². The molecule has 34 heavy (non-hydrogen) atoms. The summed E-state index contributed by atoms with van der Waals surface area (Å²) >= 11 is 2.47. The van der Waals surface area contributed by atoms with Crippen LogP contribution < -0.4 is 15.6 Å². The third kappa shape index (κ3) is 4.03. The summed E-state index contributed by atoms with van der Waals surface area (Å²) in [4.78, 5) is 34.4. The van der Waals surface area contributed by atoms with Crippen LogP contribution in [0.5, 0.6) is 5.75 Å². The number of nitrogens with one attached hydrogen (secondary N) is 2. The van der Waals surface area contributed by atoms with Crippen LogP contribution in [0.25, 0.3) is 27.6 Å². The number of aryl methyl sites for hydroxylation is 2. The summed E-state index contributed by atoms with van der Waals surface area (Å²) in [5.74, 6) is 0.297. The van der Waals surface area contributed by atoms with E-state index in [1.165, 1.54) is 27.7 Å². The Kier molecular flexibility index (Phi) is 5.80. The first-order valence-corrected chi connectivity index (χ1v) is 12.2. The zero-order chi connectivity index (χ0) is 23.8. The first kappa shape index (κ1) is 22.1. The van der Waals surface area contributed by atoms with Crippen molar-refractivity contribution in [1.29, 1.82) is 0 Å². The van der Waals surface area contributed by atoms with Crippen LogP contribution in [0.15, 0.2) is 52.4 Å². The van der Waals surface area contributed by atoms with Crippen molar-refractivity contribution in [2.24, 2.45) is 0 Å². The Hall–Kier alpha value is -3.70. The second-order valence-electron chi connectivity index (χ2n) is 7.57. The zero-order valence-corrected chi connectivity index (χ0v) is 20.2. The minimum absolute atomic E-state index is 0.0348. The SMILES string of the molecule is COc1ccc(C)cc1-n1c(SCC(=O)Nc2nnc(C)s2)nc2c([nH]c3ccccc32)c1=O. The van der Waals surface area contributed by atoms with Gasteiger partial charge in [0, 0.05) is 10.9 Å². The number of anilines is 1. The van der Waals surface area contributed by atoms with Gasteiger partial charge >= 0.3 is 0 Å². The van der Waals surface area contributed by atoms with E-state index in [2.05, 4.69) is 20.5 Å². The predicted molar refractivity (Wildman–Crippen MR) is 134 cm³/mol. The van der Waals surface area contributed by atoms with Gasteiger partial charge in [0.15, 0.2) is 5.16 Å². The summed E-state index contributed by atoms with van der Waals surface area (Å²) in [7, 11) is 1.55. The Morgan fingerprint density at radius 3 is 2.79 bits per heavy atom. The minimum Gasteiger partial charge on any atom is -0.495 e. The van der Waals surface area contributed by atoms with Gasteiger partial charge in [0.2, 0.25) is 11.0 Å². The largest absolute Gasteiger partial charge is 0.495 e. The molecule has 11 heteroatoms. The normalized spacial score (nSPS) is 11.3. The molecule has 0 aliphatic heterocycles. The van der Waals surface area contributed by atoms with Crippen LogP contribution >= 0.6 is 23.1 Å². The molecular formula is C23H20N6O3S2. The van der Waals surface area contributed by atoms with E-state index in [-0.39, 0.29) is 17.2 Å². The number of ether oxygens (including phenoxy) is 1. The van der Waals surface area contributed by atoms with Crippen LogP contribution in [0.1, 0.15) is 10.6 Å². The number of hydrogen-bond acceptors (Lipinski definition) is 8. The number of nitrogens with zero attached hydrogens (tertiary/aromatic N) is 4. The second kappa shape index (κ2) is 8.92. The van der Waals surface area contributed by atoms with Gasteiger partial charge in [-0.15, -0.1) is 10.2 Å². The highest BCUT2D eigenvalue weighted by Gasteiger charge is 2.20. The lowest BCUT2D eigenvalue weighted by Gasteiger charge is -2.15. The summed E-state index contributed by atoms with van der Waals surface area (Å²) in [6.07, 6.45) is 0. The van der Waals surface area contributed by atoms with Crippen molar-refractivity contribution >= 4 is 56.1 Å². The molecule has 172 valence electrons. The number of amides is 1. The Labute approximate surface area is 202 Å². The van der Waals surface area contributed by atoms with Gasteiger partial charge in [-0.3, -0.25) is 14.9 Å². The lowest BCUT2D eigenvalue weighted by Crippen LogP contribution is -2.23. The number of hydrogen-bond donors (Lipinski definition) is 2. The number of benzene rings is 2. The Balaban J connectivity index is 1.63. The van der Waals surface area contributed by atoms with Gasteiger partial charge in [-0.1, -0.05) is 47.4 Å². The van der Waals surface area contributed by atoms with E-state index in [0.29, 0.717) is 32.8 Å². The molecule has 5 rings (SSSR count). The molecule has 0 radical (unpaired) electrons. The van der Waals surface area contributed by atoms with Gasteiger partial charge in [-0.05, 0) is 37.6 Å². The molecule has 0 fully saturated rings. The average Bonchev–Trinajstić information content (AvgIpc) is 3.41. The van der Waals surface area contributed by atoms with Crippen molar-refractivity contribution in [2.45, 2.75) is 19.0 Å². The molecule has 9 nitrogen and oxygen atoms in total. The number of H-pyrrole nitrogens is 1. The third-order valence-corrected chi connectivity index (χ3v) is 6.87. The standard InChI is InChI=1S/C23H20N6O3S2/c1-12-8-9-17(32-3)16(10-12)29-21(31)20-19(14-6-4-5-7-15(14)24-20)26-23(29)33-11-18(30)25-22-28-27-13(2)34-22/h4-10,24H,11H2,1-3H3,(H,25,28,30). The quantitative estimate of drug-likeness (QED) is 0.271. The summed E-state index contributed by atoms with van der Waals surface area (Å²) in [5.41, 5.74) is 3.01. The van der Waals surface area contributed by atoms with E-state index < -0.39 is 0 Å². The number of fused-ring (bicyclic) bond motifs is 3. The molecule has 3 heterocycles. The van der Waals surface area contributed by atoms with E-state index in [9.17, 15) is 9.59 Å². The first-order chi connectivity index (χ1) is 16.4. The van der Waals surface area contributed by atoms with Gasteiger partial charge in [-0.2, -0.15) is 0 Å².